The van der Waals surface area contributed by atoms with E-state index in [2.05, 4.69) is 11.8 Å². The van der Waals surface area contributed by atoms with Crippen LogP contribution in [0.1, 0.15) is 6.92 Å². The van der Waals surface area contributed by atoms with Gasteiger partial charge in [0.2, 0.25) is 5.91 Å². The summed E-state index contributed by atoms with van der Waals surface area (Å²) in [6, 6.07) is 0. The van der Waals surface area contributed by atoms with Crippen LogP contribution < -0.4 is 0 Å². The van der Waals surface area contributed by atoms with E-state index < -0.39 is 5.97 Å². The predicted octanol–water partition coefficient (Wildman–Crippen LogP) is -0.761. The van der Waals surface area contributed by atoms with Crippen LogP contribution in [0.15, 0.2) is 0 Å². The summed E-state index contributed by atoms with van der Waals surface area (Å²) in [6.45, 7) is 4.92. The van der Waals surface area contributed by atoms with Gasteiger partial charge in [-0.2, -0.15) is 0 Å². The van der Waals surface area contributed by atoms with Gasteiger partial charge >= 0.3 is 5.97 Å². The number of rotatable bonds is 1. The molecule has 5 nitrogen and oxygen atoms in total. The van der Waals surface area contributed by atoms with Crippen LogP contribution in [0.4, 0.5) is 0 Å². The molecule has 0 aliphatic carbocycles. The molecule has 0 saturated carbocycles. The van der Waals surface area contributed by atoms with Crippen LogP contribution in [-0.4, -0.2) is 59.5 Å². The molecule has 1 aliphatic heterocycles. The molecule has 1 heterocycles. The van der Waals surface area contributed by atoms with Gasteiger partial charge in [-0.1, -0.05) is 5.92 Å². The van der Waals surface area contributed by atoms with E-state index in [9.17, 15) is 9.59 Å². The molecule has 1 fully saturated rings. The second kappa shape index (κ2) is 5.37. The summed E-state index contributed by atoms with van der Waals surface area (Å²) in [5, 5.41) is 8.31. The fourth-order valence-corrected chi connectivity index (χ4v) is 1.45. The van der Waals surface area contributed by atoms with Gasteiger partial charge in [0.15, 0.2) is 0 Å². The third kappa shape index (κ3) is 4.00. The minimum Gasteiger partial charge on any atom is -0.472 e. The number of carboxylic acids is 1. The van der Waals surface area contributed by atoms with Gasteiger partial charge in [-0.3, -0.25) is 9.69 Å². The molecule has 0 radical (unpaired) electrons. The molecule has 0 aromatic carbocycles. The average Bonchev–Trinajstić information content (AvgIpc) is 2.18. The van der Waals surface area contributed by atoms with E-state index >= 15 is 0 Å². The maximum atomic E-state index is 11.0. The number of amides is 1. The zero-order chi connectivity index (χ0) is 11.3. The van der Waals surface area contributed by atoms with Crippen LogP contribution >= 0.6 is 0 Å². The molecule has 0 atom stereocenters. The number of hydrogen-bond donors (Lipinski definition) is 1. The molecule has 0 aromatic rings. The van der Waals surface area contributed by atoms with Crippen molar-refractivity contribution in [3.05, 3.63) is 0 Å². The highest BCUT2D eigenvalue weighted by Gasteiger charge is 2.17. The Labute approximate surface area is 88.7 Å². The lowest BCUT2D eigenvalue weighted by molar-refractivity contribution is -0.131. The number of carbonyl (C=O) groups is 2. The SMILES string of the molecule is CC(=O)N1CCN(CC#CC(=O)O)CC1. The number of carboxylic acid groups (broad SMARTS) is 1. The first kappa shape index (κ1) is 11.5. The molecule has 1 saturated heterocycles. The second-order valence-electron chi connectivity index (χ2n) is 3.39. The highest BCUT2D eigenvalue weighted by Crippen LogP contribution is 2.00. The first-order valence-corrected chi connectivity index (χ1v) is 4.79. The Bertz CT molecular complexity index is 308. The number of hydrogen-bond acceptors (Lipinski definition) is 3. The lowest BCUT2D eigenvalue weighted by atomic mass is 10.3. The van der Waals surface area contributed by atoms with Crippen LogP contribution in [0.5, 0.6) is 0 Å². The summed E-state index contributed by atoms with van der Waals surface area (Å²) >= 11 is 0. The Kier molecular flexibility index (Phi) is 4.13. The number of nitrogens with zero attached hydrogens (tertiary/aromatic N) is 2. The summed E-state index contributed by atoms with van der Waals surface area (Å²) in [7, 11) is 0. The Hall–Kier alpha value is -1.54. The van der Waals surface area contributed by atoms with Crippen molar-refractivity contribution in [2.45, 2.75) is 6.92 Å². The molecule has 0 unspecified atom stereocenters. The molecule has 1 N–H and O–H groups in total. The molecule has 82 valence electrons. The van der Waals surface area contributed by atoms with E-state index in [0.29, 0.717) is 19.6 Å². The molecule has 15 heavy (non-hydrogen) atoms. The largest absolute Gasteiger partial charge is 0.472 e. The van der Waals surface area contributed by atoms with Crippen molar-refractivity contribution in [1.29, 1.82) is 0 Å². The van der Waals surface area contributed by atoms with E-state index in [1.807, 2.05) is 4.90 Å². The second-order valence-corrected chi connectivity index (χ2v) is 3.39. The first-order valence-electron chi connectivity index (χ1n) is 4.79. The van der Waals surface area contributed by atoms with Gasteiger partial charge in [-0.25, -0.2) is 4.79 Å². The Morgan fingerprint density at radius 3 is 2.33 bits per heavy atom. The monoisotopic (exact) mass is 210 g/mol. The average molecular weight is 210 g/mol. The Balaban J connectivity index is 2.30. The van der Waals surface area contributed by atoms with Crippen molar-refractivity contribution >= 4 is 11.9 Å². The first-order chi connectivity index (χ1) is 7.09. The fourth-order valence-electron chi connectivity index (χ4n) is 1.45. The molecular weight excluding hydrogens is 196 g/mol. The quantitative estimate of drug-likeness (QED) is 0.578. The standard InChI is InChI=1S/C10H14N2O3/c1-9(13)12-7-5-11(6-8-12)4-2-3-10(14)15/h4-8H2,1H3,(H,14,15). The minimum absolute atomic E-state index is 0.0891. The van der Waals surface area contributed by atoms with Crippen LogP contribution in [0.3, 0.4) is 0 Å². The summed E-state index contributed by atoms with van der Waals surface area (Å²) in [5.74, 6) is 3.63. The third-order valence-electron chi connectivity index (χ3n) is 2.32. The normalized spacial score (nSPS) is 16.7. The van der Waals surface area contributed by atoms with E-state index in [0.717, 1.165) is 13.1 Å². The smallest absolute Gasteiger partial charge is 0.381 e. The predicted molar refractivity (Wildman–Crippen MR) is 54.1 cm³/mol. The fraction of sp³-hybridized carbons (Fsp3) is 0.600. The van der Waals surface area contributed by atoms with Crippen LogP contribution in [0, 0.1) is 11.8 Å². The highest BCUT2D eigenvalue weighted by atomic mass is 16.4. The molecule has 1 rings (SSSR count). The zero-order valence-electron chi connectivity index (χ0n) is 8.69. The third-order valence-corrected chi connectivity index (χ3v) is 2.32. The summed E-state index contributed by atoms with van der Waals surface area (Å²) in [6.07, 6.45) is 0. The summed E-state index contributed by atoms with van der Waals surface area (Å²) in [5.41, 5.74) is 0. The van der Waals surface area contributed by atoms with Gasteiger partial charge in [0.25, 0.3) is 0 Å². The van der Waals surface area contributed by atoms with Crippen molar-refractivity contribution in [2.24, 2.45) is 0 Å². The Morgan fingerprint density at radius 1 is 1.27 bits per heavy atom. The minimum atomic E-state index is -1.10. The Morgan fingerprint density at radius 2 is 1.87 bits per heavy atom. The van der Waals surface area contributed by atoms with Crippen LogP contribution in [0.2, 0.25) is 0 Å². The maximum Gasteiger partial charge on any atom is 0.381 e. The van der Waals surface area contributed by atoms with E-state index in [1.165, 1.54) is 0 Å². The van der Waals surface area contributed by atoms with Crippen molar-refractivity contribution < 1.29 is 14.7 Å². The maximum absolute atomic E-state index is 11.0. The van der Waals surface area contributed by atoms with Crippen LogP contribution in [0.25, 0.3) is 0 Å². The van der Waals surface area contributed by atoms with Gasteiger partial charge in [0.1, 0.15) is 0 Å². The molecular formula is C10H14N2O3. The van der Waals surface area contributed by atoms with Gasteiger partial charge in [-0.05, 0) is 0 Å². The van der Waals surface area contributed by atoms with Gasteiger partial charge < -0.3 is 10.0 Å². The lowest BCUT2D eigenvalue weighted by Gasteiger charge is -2.32. The molecule has 5 heteroatoms. The van der Waals surface area contributed by atoms with Gasteiger partial charge in [-0.15, -0.1) is 0 Å². The van der Waals surface area contributed by atoms with Crippen molar-refractivity contribution in [1.82, 2.24) is 9.80 Å². The molecule has 1 amide bonds. The molecule has 1 aliphatic rings. The lowest BCUT2D eigenvalue weighted by Crippen LogP contribution is -2.47. The molecule has 0 spiro atoms. The number of piperazine rings is 1. The van der Waals surface area contributed by atoms with E-state index in [4.69, 9.17) is 5.11 Å². The molecule has 0 aromatic heterocycles. The summed E-state index contributed by atoms with van der Waals surface area (Å²) in [4.78, 5) is 25.0. The number of carbonyl (C=O) groups excluding carboxylic acids is 1. The van der Waals surface area contributed by atoms with Crippen molar-refractivity contribution in [3.8, 4) is 11.8 Å². The topological polar surface area (TPSA) is 60.9 Å². The van der Waals surface area contributed by atoms with Gasteiger partial charge in [0, 0.05) is 39.0 Å². The van der Waals surface area contributed by atoms with E-state index in [1.54, 1.807) is 11.8 Å². The van der Waals surface area contributed by atoms with Crippen molar-refractivity contribution in [2.75, 3.05) is 32.7 Å². The zero-order valence-corrected chi connectivity index (χ0v) is 8.69. The van der Waals surface area contributed by atoms with Crippen LogP contribution in [-0.2, 0) is 9.59 Å². The highest BCUT2D eigenvalue weighted by molar-refractivity contribution is 5.86. The number of aliphatic carboxylic acids is 1. The van der Waals surface area contributed by atoms with Crippen molar-refractivity contribution in [3.63, 3.8) is 0 Å². The van der Waals surface area contributed by atoms with E-state index in [-0.39, 0.29) is 5.91 Å². The molecule has 0 bridgehead atoms. The van der Waals surface area contributed by atoms with Gasteiger partial charge in [0.05, 0.1) is 6.54 Å². The summed E-state index contributed by atoms with van der Waals surface area (Å²) < 4.78 is 0.